The Hall–Kier alpha value is -0.880. The number of H-pyrrole nitrogens is 1. The van der Waals surface area contributed by atoms with Gasteiger partial charge in [0.05, 0.1) is 11.9 Å². The third-order valence-corrected chi connectivity index (χ3v) is 5.21. The lowest BCUT2D eigenvalue weighted by molar-refractivity contribution is 0.0882. The van der Waals surface area contributed by atoms with Crippen molar-refractivity contribution in [3.63, 3.8) is 0 Å². The van der Waals surface area contributed by atoms with Crippen LogP contribution in [0, 0.1) is 5.92 Å². The summed E-state index contributed by atoms with van der Waals surface area (Å²) < 4.78 is 0.519. The van der Waals surface area contributed by atoms with E-state index in [1.807, 2.05) is 0 Å². The molecule has 20 heavy (non-hydrogen) atoms. The van der Waals surface area contributed by atoms with Gasteiger partial charge in [-0.3, -0.25) is 4.79 Å². The molecule has 0 spiro atoms. The third-order valence-electron chi connectivity index (χ3n) is 4.42. The van der Waals surface area contributed by atoms with Gasteiger partial charge in [0.2, 0.25) is 0 Å². The van der Waals surface area contributed by atoms with Crippen molar-refractivity contribution in [2.75, 3.05) is 26.0 Å². The van der Waals surface area contributed by atoms with Gasteiger partial charge in [0.1, 0.15) is 4.47 Å². The van der Waals surface area contributed by atoms with E-state index in [0.29, 0.717) is 4.47 Å². The molecule has 0 amide bonds. The average molecular weight is 343 g/mol. The Morgan fingerprint density at radius 1 is 1.60 bits per heavy atom. The smallest absolute Gasteiger partial charge is 0.280 e. The molecule has 2 atom stereocenters. The topological polar surface area (TPSA) is 61.0 Å². The summed E-state index contributed by atoms with van der Waals surface area (Å²) in [5, 5.41) is 9.66. The van der Waals surface area contributed by atoms with Crippen LogP contribution in [0.25, 0.3) is 0 Å². The second-order valence-corrected chi connectivity index (χ2v) is 6.89. The largest absolute Gasteiger partial charge is 0.381 e. The van der Waals surface area contributed by atoms with Gasteiger partial charge in [-0.1, -0.05) is 19.8 Å². The summed E-state index contributed by atoms with van der Waals surface area (Å²) in [6.07, 6.45) is 6.59. The minimum atomic E-state index is -0.203. The maximum Gasteiger partial charge on any atom is 0.280 e. The SMILES string of the molecule is CC1CCCC(CNc2cn[nH]c(=O)c2Br)(N(C)C)C1. The van der Waals surface area contributed by atoms with Crippen LogP contribution in [0.15, 0.2) is 15.5 Å². The van der Waals surface area contributed by atoms with Crippen molar-refractivity contribution in [3.8, 4) is 0 Å². The molecule has 1 fully saturated rings. The molecule has 0 aliphatic heterocycles. The molecule has 112 valence electrons. The summed E-state index contributed by atoms with van der Waals surface area (Å²) in [5.74, 6) is 0.744. The summed E-state index contributed by atoms with van der Waals surface area (Å²) in [6.45, 7) is 3.15. The zero-order valence-corrected chi connectivity index (χ0v) is 14.0. The van der Waals surface area contributed by atoms with Crippen LogP contribution in [-0.4, -0.2) is 41.3 Å². The van der Waals surface area contributed by atoms with E-state index in [9.17, 15) is 4.79 Å². The molecule has 0 saturated heterocycles. The predicted molar refractivity (Wildman–Crippen MR) is 85.1 cm³/mol. The number of halogens is 1. The second kappa shape index (κ2) is 6.26. The van der Waals surface area contributed by atoms with Crippen LogP contribution in [0.5, 0.6) is 0 Å². The summed E-state index contributed by atoms with van der Waals surface area (Å²) in [7, 11) is 4.29. The fourth-order valence-corrected chi connectivity index (χ4v) is 3.45. The van der Waals surface area contributed by atoms with Crippen molar-refractivity contribution in [1.82, 2.24) is 15.1 Å². The van der Waals surface area contributed by atoms with Gasteiger partial charge in [-0.2, -0.15) is 5.10 Å². The molecule has 2 rings (SSSR count). The molecular weight excluding hydrogens is 320 g/mol. The van der Waals surface area contributed by atoms with E-state index in [1.54, 1.807) is 6.20 Å². The Labute approximate surface area is 128 Å². The van der Waals surface area contributed by atoms with Gasteiger partial charge in [-0.15, -0.1) is 0 Å². The normalized spacial score (nSPS) is 26.8. The standard InChI is InChI=1S/C14H23BrN4O/c1-10-5-4-6-14(7-10,19(2)3)9-16-11-8-17-18-13(20)12(11)15/h8,10H,4-7,9H2,1-3H3,(H2,16,18,20). The van der Waals surface area contributed by atoms with E-state index < -0.39 is 0 Å². The molecule has 1 saturated carbocycles. The van der Waals surface area contributed by atoms with Crippen molar-refractivity contribution in [1.29, 1.82) is 0 Å². The molecule has 1 aliphatic rings. The van der Waals surface area contributed by atoms with E-state index in [2.05, 4.69) is 57.4 Å². The van der Waals surface area contributed by atoms with Gasteiger partial charge in [0, 0.05) is 12.1 Å². The summed E-state index contributed by atoms with van der Waals surface area (Å²) >= 11 is 3.31. The van der Waals surface area contributed by atoms with E-state index in [1.165, 1.54) is 25.7 Å². The number of nitrogens with one attached hydrogen (secondary N) is 2. The van der Waals surface area contributed by atoms with Gasteiger partial charge < -0.3 is 10.2 Å². The Bertz CT molecular complexity index is 516. The first-order chi connectivity index (χ1) is 9.44. The minimum Gasteiger partial charge on any atom is -0.381 e. The highest BCUT2D eigenvalue weighted by atomic mass is 79.9. The lowest BCUT2D eigenvalue weighted by Gasteiger charge is -2.45. The lowest BCUT2D eigenvalue weighted by atomic mass is 9.75. The van der Waals surface area contributed by atoms with Crippen LogP contribution in [0.1, 0.15) is 32.6 Å². The second-order valence-electron chi connectivity index (χ2n) is 6.10. The molecule has 1 aromatic heterocycles. The fraction of sp³-hybridized carbons (Fsp3) is 0.714. The van der Waals surface area contributed by atoms with Crippen LogP contribution in [0.4, 0.5) is 5.69 Å². The molecule has 1 aliphatic carbocycles. The predicted octanol–water partition coefficient (Wildman–Crippen LogP) is 2.45. The van der Waals surface area contributed by atoms with Gasteiger partial charge in [-0.25, -0.2) is 5.10 Å². The number of hydrogen-bond donors (Lipinski definition) is 2. The van der Waals surface area contributed by atoms with Crippen LogP contribution in [0.3, 0.4) is 0 Å². The summed E-state index contributed by atoms with van der Waals surface area (Å²) in [5.41, 5.74) is 0.707. The molecule has 5 nitrogen and oxygen atoms in total. The van der Waals surface area contributed by atoms with Gasteiger partial charge in [-0.05, 0) is 48.8 Å². The van der Waals surface area contributed by atoms with Crippen molar-refractivity contribution in [3.05, 3.63) is 21.0 Å². The first-order valence-corrected chi connectivity index (χ1v) is 7.88. The van der Waals surface area contributed by atoms with E-state index in [-0.39, 0.29) is 11.1 Å². The maximum atomic E-state index is 11.5. The number of likely N-dealkylation sites (N-methyl/N-ethyl adjacent to an activating group) is 1. The van der Waals surface area contributed by atoms with E-state index in [0.717, 1.165) is 18.2 Å². The molecule has 6 heteroatoms. The number of nitrogens with zero attached hydrogens (tertiary/aromatic N) is 2. The van der Waals surface area contributed by atoms with Crippen molar-refractivity contribution in [2.45, 2.75) is 38.1 Å². The zero-order valence-electron chi connectivity index (χ0n) is 12.4. The van der Waals surface area contributed by atoms with Crippen LogP contribution in [-0.2, 0) is 0 Å². The molecule has 0 radical (unpaired) electrons. The molecule has 0 aromatic carbocycles. The van der Waals surface area contributed by atoms with Gasteiger partial charge in [0.25, 0.3) is 5.56 Å². The van der Waals surface area contributed by atoms with Gasteiger partial charge >= 0.3 is 0 Å². The maximum absolute atomic E-state index is 11.5. The number of rotatable bonds is 4. The van der Waals surface area contributed by atoms with Crippen LogP contribution >= 0.6 is 15.9 Å². The highest BCUT2D eigenvalue weighted by Gasteiger charge is 2.36. The van der Waals surface area contributed by atoms with Gasteiger partial charge in [0.15, 0.2) is 0 Å². The zero-order chi connectivity index (χ0) is 14.8. The van der Waals surface area contributed by atoms with Crippen LogP contribution in [0.2, 0.25) is 0 Å². The number of aromatic amines is 1. The molecular formula is C14H23BrN4O. The highest BCUT2D eigenvalue weighted by Crippen LogP contribution is 2.36. The van der Waals surface area contributed by atoms with E-state index in [4.69, 9.17) is 0 Å². The number of hydrogen-bond acceptors (Lipinski definition) is 4. The molecule has 2 unspecified atom stereocenters. The molecule has 1 heterocycles. The third kappa shape index (κ3) is 3.23. The van der Waals surface area contributed by atoms with Crippen LogP contribution < -0.4 is 10.9 Å². The molecule has 2 N–H and O–H groups in total. The number of aromatic nitrogens is 2. The monoisotopic (exact) mass is 342 g/mol. The highest BCUT2D eigenvalue weighted by molar-refractivity contribution is 9.10. The minimum absolute atomic E-state index is 0.152. The summed E-state index contributed by atoms with van der Waals surface area (Å²) in [4.78, 5) is 13.9. The molecule has 0 bridgehead atoms. The van der Waals surface area contributed by atoms with Crippen molar-refractivity contribution in [2.24, 2.45) is 5.92 Å². The fourth-order valence-electron chi connectivity index (χ4n) is 3.12. The Morgan fingerprint density at radius 2 is 2.35 bits per heavy atom. The first kappa shape index (κ1) is 15.5. The van der Waals surface area contributed by atoms with E-state index >= 15 is 0 Å². The first-order valence-electron chi connectivity index (χ1n) is 7.09. The lowest BCUT2D eigenvalue weighted by Crippen LogP contribution is -2.52. The Kier molecular flexibility index (Phi) is 4.86. The quantitative estimate of drug-likeness (QED) is 0.882. The Morgan fingerprint density at radius 3 is 3.00 bits per heavy atom. The number of anilines is 1. The van der Waals surface area contributed by atoms with Crippen molar-refractivity contribution < 1.29 is 0 Å². The average Bonchev–Trinajstić information content (AvgIpc) is 2.40. The summed E-state index contributed by atoms with van der Waals surface area (Å²) in [6, 6.07) is 0. The molecule has 1 aromatic rings. The Balaban J connectivity index is 2.13. The van der Waals surface area contributed by atoms with Crippen molar-refractivity contribution >= 4 is 21.6 Å².